The van der Waals surface area contributed by atoms with Gasteiger partial charge >= 0.3 is 0 Å². The van der Waals surface area contributed by atoms with Crippen LogP contribution in [-0.4, -0.2) is 30.2 Å². The Morgan fingerprint density at radius 2 is 1.69 bits per heavy atom. The van der Waals surface area contributed by atoms with Gasteiger partial charge in [0.15, 0.2) is 15.6 Å². The van der Waals surface area contributed by atoms with Crippen LogP contribution in [0.2, 0.25) is 0 Å². The molecule has 6 nitrogen and oxygen atoms in total. The molecule has 0 aliphatic rings. The van der Waals surface area contributed by atoms with Crippen molar-refractivity contribution in [1.82, 2.24) is 9.78 Å². The number of aryl methyl sites for hydroxylation is 2. The summed E-state index contributed by atoms with van der Waals surface area (Å²) in [6.45, 7) is 1.97. The minimum absolute atomic E-state index is 0.147. The number of sulfone groups is 1. The summed E-state index contributed by atoms with van der Waals surface area (Å²) in [5.41, 5.74) is 2.79. The number of nitrogens with zero attached hydrogens (tertiary/aromatic N) is 2. The normalized spacial score (nSPS) is 12.5. The number of hydrogen-bond donors (Lipinski definition) is 0. The molecule has 1 unspecified atom stereocenters. The second-order valence-electron chi connectivity index (χ2n) is 7.06. The second kappa shape index (κ2) is 8.13. The summed E-state index contributed by atoms with van der Waals surface area (Å²) in [4.78, 5) is 24.7. The van der Waals surface area contributed by atoms with Crippen LogP contribution in [0.15, 0.2) is 70.4 Å². The Kier molecular flexibility index (Phi) is 5.79. The Morgan fingerprint density at radius 1 is 1.03 bits per heavy atom. The van der Waals surface area contributed by atoms with Crippen LogP contribution in [0.5, 0.6) is 0 Å². The van der Waals surface area contributed by atoms with Gasteiger partial charge in [0.25, 0.3) is 5.56 Å². The first-order chi connectivity index (χ1) is 13.7. The Bertz CT molecular complexity index is 1210. The molecular formula is C22H22N2O4S. The number of Topliss-reactive ketones (excluding diaryl/α,β-unsaturated/α-hetero) is 1. The van der Waals surface area contributed by atoms with Crippen LogP contribution in [0.4, 0.5) is 0 Å². The molecule has 2 aromatic carbocycles. The molecule has 150 valence electrons. The number of aromatic nitrogens is 2. The maximum absolute atomic E-state index is 12.9. The maximum atomic E-state index is 12.9. The molecule has 3 rings (SSSR count). The van der Waals surface area contributed by atoms with Crippen molar-refractivity contribution in [2.45, 2.75) is 24.2 Å². The van der Waals surface area contributed by atoms with Gasteiger partial charge in [-0.1, -0.05) is 36.4 Å². The molecule has 1 heterocycles. The molecule has 7 heteroatoms. The number of rotatable bonds is 6. The van der Waals surface area contributed by atoms with Crippen LogP contribution in [-0.2, 0) is 16.9 Å². The van der Waals surface area contributed by atoms with Crippen molar-refractivity contribution >= 4 is 15.6 Å². The van der Waals surface area contributed by atoms with Gasteiger partial charge in [-0.2, -0.15) is 5.10 Å². The third-order valence-corrected chi connectivity index (χ3v) is 6.04. The van der Waals surface area contributed by atoms with Crippen LogP contribution in [0.25, 0.3) is 0 Å². The number of carbonyl (C=O) groups is 1. The average molecular weight is 410 g/mol. The molecule has 0 aliphatic carbocycles. The van der Waals surface area contributed by atoms with Gasteiger partial charge in [-0.05, 0) is 41.8 Å². The van der Waals surface area contributed by atoms with E-state index in [4.69, 9.17) is 0 Å². The van der Waals surface area contributed by atoms with Crippen molar-refractivity contribution in [3.8, 4) is 0 Å². The lowest BCUT2D eigenvalue weighted by Gasteiger charge is -2.20. The summed E-state index contributed by atoms with van der Waals surface area (Å²) in [7, 11) is -1.80. The Labute approximate surface area is 169 Å². The highest BCUT2D eigenvalue weighted by atomic mass is 32.2. The van der Waals surface area contributed by atoms with Crippen LogP contribution < -0.4 is 5.56 Å². The summed E-state index contributed by atoms with van der Waals surface area (Å²) in [6.07, 6.45) is 1.31. The molecule has 0 saturated carbocycles. The first-order valence-corrected chi connectivity index (χ1v) is 11.0. The van der Waals surface area contributed by atoms with Gasteiger partial charge in [-0.15, -0.1) is 0 Å². The average Bonchev–Trinajstić information content (AvgIpc) is 2.68. The van der Waals surface area contributed by atoms with Crippen molar-refractivity contribution in [2.24, 2.45) is 7.05 Å². The Hall–Kier alpha value is -3.06. The molecule has 29 heavy (non-hydrogen) atoms. The molecule has 0 spiro atoms. The number of ketones is 1. The summed E-state index contributed by atoms with van der Waals surface area (Å²) in [5, 5.41) is 4.06. The fourth-order valence-electron chi connectivity index (χ4n) is 3.27. The monoisotopic (exact) mass is 410 g/mol. The van der Waals surface area contributed by atoms with Gasteiger partial charge in [-0.25, -0.2) is 13.1 Å². The number of carbonyl (C=O) groups excluding carboxylic acids is 1. The second-order valence-corrected chi connectivity index (χ2v) is 9.07. The molecule has 0 bridgehead atoms. The zero-order chi connectivity index (χ0) is 21.2. The Balaban J connectivity index is 2.02. The smallest absolute Gasteiger partial charge is 0.266 e. The van der Waals surface area contributed by atoms with E-state index in [0.717, 1.165) is 27.6 Å². The molecule has 0 aliphatic heterocycles. The lowest BCUT2D eigenvalue weighted by Crippen LogP contribution is -2.22. The van der Waals surface area contributed by atoms with E-state index in [1.54, 1.807) is 24.3 Å². The van der Waals surface area contributed by atoms with Crippen LogP contribution in [0, 0.1) is 6.92 Å². The SMILES string of the molecule is Cc1ccccc1C(CC(=O)c1ccc(=O)n(C)n1)c1ccc(S(C)(=O)=O)cc1. The van der Waals surface area contributed by atoms with E-state index >= 15 is 0 Å². The number of benzene rings is 2. The quantitative estimate of drug-likeness (QED) is 0.583. The van der Waals surface area contributed by atoms with E-state index < -0.39 is 9.84 Å². The van der Waals surface area contributed by atoms with Crippen molar-refractivity contribution in [3.05, 3.63) is 93.4 Å². The topological polar surface area (TPSA) is 86.1 Å². The minimum atomic E-state index is -3.30. The van der Waals surface area contributed by atoms with Gasteiger partial charge in [0.05, 0.1) is 4.90 Å². The van der Waals surface area contributed by atoms with E-state index in [0.29, 0.717) is 0 Å². The van der Waals surface area contributed by atoms with Crippen molar-refractivity contribution in [2.75, 3.05) is 6.26 Å². The zero-order valence-corrected chi connectivity index (χ0v) is 17.3. The predicted molar refractivity (Wildman–Crippen MR) is 111 cm³/mol. The highest BCUT2D eigenvalue weighted by molar-refractivity contribution is 7.90. The molecule has 1 aromatic heterocycles. The van der Waals surface area contributed by atoms with E-state index in [2.05, 4.69) is 5.10 Å². The lowest BCUT2D eigenvalue weighted by atomic mass is 9.84. The molecule has 3 aromatic rings. The predicted octanol–water partition coefficient (Wildman–Crippen LogP) is 2.90. The number of hydrogen-bond acceptors (Lipinski definition) is 5. The van der Waals surface area contributed by atoms with E-state index in [-0.39, 0.29) is 34.3 Å². The van der Waals surface area contributed by atoms with Crippen LogP contribution >= 0.6 is 0 Å². The molecule has 0 amide bonds. The van der Waals surface area contributed by atoms with Crippen LogP contribution in [0.3, 0.4) is 0 Å². The standard InChI is InChI=1S/C22H22N2O4S/c1-15-6-4-5-7-18(15)19(16-8-10-17(11-9-16)29(3,27)28)14-21(25)20-12-13-22(26)24(2)23-20/h4-13,19H,14H2,1-3H3. The first-order valence-electron chi connectivity index (χ1n) is 9.10. The van der Waals surface area contributed by atoms with Gasteiger partial charge < -0.3 is 0 Å². The summed E-state index contributed by atoms with van der Waals surface area (Å²) in [5.74, 6) is -0.461. The third-order valence-electron chi connectivity index (χ3n) is 4.91. The fraction of sp³-hybridized carbons (Fsp3) is 0.227. The molecule has 0 saturated heterocycles. The van der Waals surface area contributed by atoms with E-state index in [1.807, 2.05) is 31.2 Å². The summed E-state index contributed by atoms with van der Waals surface area (Å²) >= 11 is 0. The molecule has 0 fully saturated rings. The zero-order valence-electron chi connectivity index (χ0n) is 16.5. The van der Waals surface area contributed by atoms with Crippen LogP contribution in [0.1, 0.15) is 39.5 Å². The largest absolute Gasteiger partial charge is 0.292 e. The van der Waals surface area contributed by atoms with Gasteiger partial charge in [0, 0.05) is 31.7 Å². The maximum Gasteiger partial charge on any atom is 0.266 e. The van der Waals surface area contributed by atoms with Crippen molar-refractivity contribution in [3.63, 3.8) is 0 Å². The van der Waals surface area contributed by atoms with E-state index in [9.17, 15) is 18.0 Å². The van der Waals surface area contributed by atoms with E-state index in [1.165, 1.54) is 19.2 Å². The van der Waals surface area contributed by atoms with Crippen molar-refractivity contribution < 1.29 is 13.2 Å². The summed E-state index contributed by atoms with van der Waals surface area (Å²) < 4.78 is 24.7. The lowest BCUT2D eigenvalue weighted by molar-refractivity contribution is 0.0970. The first kappa shape index (κ1) is 20.7. The summed E-state index contributed by atoms with van der Waals surface area (Å²) in [6, 6.07) is 17.2. The molecular weight excluding hydrogens is 388 g/mol. The highest BCUT2D eigenvalue weighted by Gasteiger charge is 2.22. The van der Waals surface area contributed by atoms with Crippen molar-refractivity contribution in [1.29, 1.82) is 0 Å². The molecule has 1 atom stereocenters. The highest BCUT2D eigenvalue weighted by Crippen LogP contribution is 2.32. The molecule has 0 radical (unpaired) electrons. The van der Waals surface area contributed by atoms with Gasteiger partial charge in [0.2, 0.25) is 0 Å². The van der Waals surface area contributed by atoms with Gasteiger partial charge in [0.1, 0.15) is 5.69 Å². The molecule has 0 N–H and O–H groups in total. The Morgan fingerprint density at radius 3 is 2.28 bits per heavy atom. The third kappa shape index (κ3) is 4.68. The van der Waals surface area contributed by atoms with Gasteiger partial charge in [-0.3, -0.25) is 9.59 Å². The minimum Gasteiger partial charge on any atom is -0.292 e. The fourth-order valence-corrected chi connectivity index (χ4v) is 3.90.